The molecule has 1 aliphatic heterocycles. The molecule has 2 aromatic heterocycles. The van der Waals surface area contributed by atoms with Crippen molar-refractivity contribution in [3.63, 3.8) is 0 Å². The Labute approximate surface area is 204 Å². The summed E-state index contributed by atoms with van der Waals surface area (Å²) in [6.45, 7) is 6.57. The van der Waals surface area contributed by atoms with E-state index < -0.39 is 0 Å². The summed E-state index contributed by atoms with van der Waals surface area (Å²) in [5, 5.41) is 20.0. The van der Waals surface area contributed by atoms with E-state index in [1.54, 1.807) is 0 Å². The fraction of sp³-hybridized carbons (Fsp3) is 0.241. The van der Waals surface area contributed by atoms with E-state index in [4.69, 9.17) is 4.98 Å². The van der Waals surface area contributed by atoms with Crippen LogP contribution in [-0.2, 0) is 6.61 Å². The van der Waals surface area contributed by atoms with E-state index in [-0.39, 0.29) is 6.61 Å². The molecule has 2 atom stereocenters. The normalized spacial score (nSPS) is 18.4. The van der Waals surface area contributed by atoms with Gasteiger partial charge in [-0.05, 0) is 53.4 Å². The molecule has 0 spiro atoms. The molecule has 2 N–H and O–H groups in total. The quantitative estimate of drug-likeness (QED) is 0.397. The number of hydrogen-bond acceptors (Lipinski definition) is 5. The first-order valence-corrected chi connectivity index (χ1v) is 12.2. The van der Waals surface area contributed by atoms with Gasteiger partial charge in [0, 0.05) is 54.4 Å². The zero-order valence-corrected chi connectivity index (χ0v) is 20.0. The standard InChI is InChI=1S/C29H29N5O/c1-19-13-30-14-20(2)34(19)24-10-7-21(8-11-24)23-15-31-29-28(16-32-33(29)17-23)27-12-9-22(18-35)25-5-3-4-6-26(25)27/h3-12,15-17,19-20,30,35H,13-14,18H2,1-2H3/t19-,20+. The third-order valence-corrected chi connectivity index (χ3v) is 7.16. The number of nitrogens with zero attached hydrogens (tertiary/aromatic N) is 4. The minimum absolute atomic E-state index is 0.0163. The van der Waals surface area contributed by atoms with Crippen LogP contribution in [0.3, 0.4) is 0 Å². The third kappa shape index (κ3) is 3.75. The maximum Gasteiger partial charge on any atom is 0.162 e. The molecule has 176 valence electrons. The minimum atomic E-state index is 0.0163. The van der Waals surface area contributed by atoms with E-state index in [1.165, 1.54) is 5.69 Å². The fourth-order valence-corrected chi connectivity index (χ4v) is 5.42. The van der Waals surface area contributed by atoms with Gasteiger partial charge >= 0.3 is 0 Å². The number of benzene rings is 3. The Hall–Kier alpha value is -3.74. The predicted octanol–water partition coefficient (Wildman–Crippen LogP) is 4.90. The smallest absolute Gasteiger partial charge is 0.162 e. The highest BCUT2D eigenvalue weighted by Gasteiger charge is 2.24. The molecule has 6 rings (SSSR count). The highest BCUT2D eigenvalue weighted by atomic mass is 16.3. The van der Waals surface area contributed by atoms with Crippen molar-refractivity contribution in [3.8, 4) is 22.3 Å². The zero-order valence-electron chi connectivity index (χ0n) is 20.0. The Morgan fingerprint density at radius 2 is 1.60 bits per heavy atom. The van der Waals surface area contributed by atoms with Crippen molar-refractivity contribution in [2.75, 3.05) is 18.0 Å². The summed E-state index contributed by atoms with van der Waals surface area (Å²) in [6.07, 6.45) is 5.85. The fourth-order valence-electron chi connectivity index (χ4n) is 5.42. The third-order valence-electron chi connectivity index (χ3n) is 7.16. The molecule has 0 radical (unpaired) electrons. The first-order chi connectivity index (χ1) is 17.1. The maximum atomic E-state index is 9.75. The Kier molecular flexibility index (Phi) is 5.47. The van der Waals surface area contributed by atoms with E-state index in [2.05, 4.69) is 65.6 Å². The summed E-state index contributed by atoms with van der Waals surface area (Å²) in [5.41, 5.74) is 7.18. The summed E-state index contributed by atoms with van der Waals surface area (Å²) in [6, 6.07) is 21.9. The van der Waals surface area contributed by atoms with Gasteiger partial charge in [0.05, 0.1) is 12.8 Å². The van der Waals surface area contributed by atoms with Gasteiger partial charge in [-0.2, -0.15) is 5.10 Å². The largest absolute Gasteiger partial charge is 0.392 e. The lowest BCUT2D eigenvalue weighted by Gasteiger charge is -2.41. The second kappa shape index (κ2) is 8.80. The lowest BCUT2D eigenvalue weighted by atomic mass is 9.96. The number of rotatable bonds is 4. The first-order valence-electron chi connectivity index (χ1n) is 12.2. The Morgan fingerprint density at radius 1 is 0.857 bits per heavy atom. The van der Waals surface area contributed by atoms with Gasteiger partial charge in [0.1, 0.15) is 0 Å². The molecule has 0 bridgehead atoms. The van der Waals surface area contributed by atoms with Crippen LogP contribution in [0.1, 0.15) is 19.4 Å². The molecule has 1 aliphatic rings. The van der Waals surface area contributed by atoms with Gasteiger partial charge in [-0.25, -0.2) is 9.50 Å². The van der Waals surface area contributed by atoms with Crippen molar-refractivity contribution in [2.45, 2.75) is 32.5 Å². The van der Waals surface area contributed by atoms with Crippen molar-refractivity contribution in [1.82, 2.24) is 19.9 Å². The van der Waals surface area contributed by atoms with Gasteiger partial charge in [0.2, 0.25) is 0 Å². The van der Waals surface area contributed by atoms with E-state index in [9.17, 15) is 5.11 Å². The SMILES string of the molecule is C[C@@H]1CNC[C@H](C)N1c1ccc(-c2cnc3c(-c4ccc(CO)c5ccccc45)cnn3c2)cc1. The first kappa shape index (κ1) is 21.8. The number of aliphatic hydroxyl groups is 1. The van der Waals surface area contributed by atoms with Crippen LogP contribution in [-0.4, -0.2) is 44.9 Å². The molecule has 1 saturated heterocycles. The van der Waals surface area contributed by atoms with E-state index in [0.717, 1.165) is 57.3 Å². The lowest BCUT2D eigenvalue weighted by Crippen LogP contribution is -2.55. The molecule has 6 heteroatoms. The second-order valence-electron chi connectivity index (χ2n) is 9.46. The Bertz CT molecular complexity index is 1500. The summed E-state index contributed by atoms with van der Waals surface area (Å²) < 4.78 is 1.85. The van der Waals surface area contributed by atoms with Gasteiger partial charge in [0.15, 0.2) is 5.65 Å². The molecule has 3 heterocycles. The lowest BCUT2D eigenvalue weighted by molar-refractivity contribution is 0.283. The van der Waals surface area contributed by atoms with Crippen molar-refractivity contribution < 1.29 is 5.11 Å². The summed E-state index contributed by atoms with van der Waals surface area (Å²) in [7, 11) is 0. The molecular formula is C29H29N5O. The van der Waals surface area contributed by atoms with Crippen molar-refractivity contribution in [1.29, 1.82) is 0 Å². The number of fused-ring (bicyclic) bond motifs is 2. The van der Waals surface area contributed by atoms with Crippen molar-refractivity contribution in [3.05, 3.63) is 84.8 Å². The average molecular weight is 464 g/mol. The topological polar surface area (TPSA) is 65.7 Å². The van der Waals surface area contributed by atoms with Crippen LogP contribution in [0.2, 0.25) is 0 Å². The van der Waals surface area contributed by atoms with Gasteiger partial charge in [-0.1, -0.05) is 48.5 Å². The molecule has 0 aliphatic carbocycles. The molecule has 3 aromatic carbocycles. The van der Waals surface area contributed by atoms with Crippen LogP contribution in [0.5, 0.6) is 0 Å². The van der Waals surface area contributed by atoms with Crippen LogP contribution in [0.4, 0.5) is 5.69 Å². The average Bonchev–Trinajstić information content (AvgIpc) is 3.31. The molecule has 1 fully saturated rings. The van der Waals surface area contributed by atoms with Crippen LogP contribution >= 0.6 is 0 Å². The number of aliphatic hydroxyl groups excluding tert-OH is 1. The number of aromatic nitrogens is 3. The predicted molar refractivity (Wildman–Crippen MR) is 142 cm³/mol. The number of piperazine rings is 1. The van der Waals surface area contributed by atoms with Gasteiger partial charge in [-0.3, -0.25) is 0 Å². The number of nitrogens with one attached hydrogen (secondary N) is 1. The van der Waals surface area contributed by atoms with Gasteiger partial charge in [0.25, 0.3) is 0 Å². The van der Waals surface area contributed by atoms with Crippen molar-refractivity contribution in [2.24, 2.45) is 0 Å². The monoisotopic (exact) mass is 463 g/mol. The molecule has 6 nitrogen and oxygen atoms in total. The second-order valence-corrected chi connectivity index (χ2v) is 9.46. The van der Waals surface area contributed by atoms with Crippen LogP contribution in [0, 0.1) is 0 Å². The highest BCUT2D eigenvalue weighted by Crippen LogP contribution is 2.33. The van der Waals surface area contributed by atoms with Gasteiger partial charge < -0.3 is 15.3 Å². The van der Waals surface area contributed by atoms with E-state index >= 15 is 0 Å². The molecular weight excluding hydrogens is 434 g/mol. The summed E-state index contributed by atoms with van der Waals surface area (Å²) >= 11 is 0. The van der Waals surface area contributed by atoms with E-state index in [1.807, 2.05) is 47.4 Å². The minimum Gasteiger partial charge on any atom is -0.392 e. The number of hydrogen-bond donors (Lipinski definition) is 2. The van der Waals surface area contributed by atoms with E-state index in [0.29, 0.717) is 12.1 Å². The van der Waals surface area contributed by atoms with Crippen LogP contribution in [0.15, 0.2) is 79.3 Å². The van der Waals surface area contributed by atoms with Crippen LogP contribution < -0.4 is 10.2 Å². The van der Waals surface area contributed by atoms with Crippen molar-refractivity contribution >= 4 is 22.1 Å². The molecule has 35 heavy (non-hydrogen) atoms. The molecule has 5 aromatic rings. The maximum absolute atomic E-state index is 9.75. The molecule has 0 amide bonds. The van der Waals surface area contributed by atoms with Gasteiger partial charge in [-0.15, -0.1) is 0 Å². The Morgan fingerprint density at radius 3 is 2.34 bits per heavy atom. The summed E-state index contributed by atoms with van der Waals surface area (Å²) in [4.78, 5) is 7.31. The molecule has 0 saturated carbocycles. The molecule has 0 unspecified atom stereocenters. The zero-order chi connectivity index (χ0) is 23.9. The van der Waals surface area contributed by atoms with Crippen LogP contribution in [0.25, 0.3) is 38.7 Å². The summed E-state index contributed by atoms with van der Waals surface area (Å²) in [5.74, 6) is 0. The highest BCUT2D eigenvalue weighted by molar-refractivity contribution is 6.01. The Balaban J connectivity index is 1.35. The number of anilines is 1.